The summed E-state index contributed by atoms with van der Waals surface area (Å²) >= 11 is 5.90. The summed E-state index contributed by atoms with van der Waals surface area (Å²) in [5.74, 6) is 0.732. The maximum absolute atomic E-state index is 12.5. The number of amides is 1. The van der Waals surface area contributed by atoms with Gasteiger partial charge in [-0.15, -0.1) is 24.0 Å². The van der Waals surface area contributed by atoms with Crippen molar-refractivity contribution < 1.29 is 13.2 Å². The second-order valence-corrected chi connectivity index (χ2v) is 9.24. The highest BCUT2D eigenvalue weighted by Crippen LogP contribution is 2.13. The number of hydrogen-bond donors (Lipinski definition) is 1. The van der Waals surface area contributed by atoms with Crippen molar-refractivity contribution in [3.05, 3.63) is 34.9 Å². The van der Waals surface area contributed by atoms with E-state index in [0.29, 0.717) is 37.2 Å². The monoisotopic (exact) mass is 542 g/mol. The highest BCUT2D eigenvalue weighted by Gasteiger charge is 2.26. The van der Waals surface area contributed by atoms with Crippen LogP contribution in [0.15, 0.2) is 29.3 Å². The molecule has 0 atom stereocenters. The predicted molar refractivity (Wildman–Crippen MR) is 124 cm³/mol. The molecule has 1 aliphatic rings. The van der Waals surface area contributed by atoms with E-state index in [1.165, 1.54) is 0 Å². The van der Waals surface area contributed by atoms with Crippen LogP contribution in [0.5, 0.6) is 0 Å². The van der Waals surface area contributed by atoms with Crippen LogP contribution >= 0.6 is 35.6 Å². The van der Waals surface area contributed by atoms with E-state index in [-0.39, 0.29) is 54.5 Å². The third-order valence-corrected chi connectivity index (χ3v) is 6.28. The van der Waals surface area contributed by atoms with Gasteiger partial charge >= 0.3 is 0 Å². The second kappa shape index (κ2) is 11.8. The molecule has 28 heavy (non-hydrogen) atoms. The van der Waals surface area contributed by atoms with Crippen molar-refractivity contribution in [2.24, 2.45) is 4.99 Å². The number of piperazine rings is 1. The summed E-state index contributed by atoms with van der Waals surface area (Å²) in [6.45, 7) is 6.41. The number of halogens is 2. The van der Waals surface area contributed by atoms with Crippen molar-refractivity contribution in [1.29, 1.82) is 0 Å². The van der Waals surface area contributed by atoms with Crippen LogP contribution < -0.4 is 5.32 Å². The van der Waals surface area contributed by atoms with Gasteiger partial charge in [-0.1, -0.05) is 30.7 Å². The fraction of sp³-hybridized carbons (Fsp3) is 0.556. The lowest BCUT2D eigenvalue weighted by atomic mass is 10.2. The average Bonchev–Trinajstić information content (AvgIpc) is 2.64. The van der Waals surface area contributed by atoms with Crippen LogP contribution in [0.4, 0.5) is 0 Å². The standard InChI is InChI=1S/C18H27ClN4O3S.HI/c1-3-20-18(21-9-12-27(25,26)4-2)23-11-10-22(17(24)14-23)13-15-5-7-16(19)8-6-15;/h5-8H,3-4,9-14H2,1-2H3,(H,20,21);1H. The SMILES string of the molecule is CCNC(=NCCS(=O)(=O)CC)N1CCN(Cc2ccc(Cl)cc2)C(=O)C1.I. The van der Waals surface area contributed by atoms with Crippen LogP contribution in [0.2, 0.25) is 5.02 Å². The Labute approximate surface area is 189 Å². The van der Waals surface area contributed by atoms with Crippen LogP contribution in [-0.2, 0) is 21.2 Å². The highest BCUT2D eigenvalue weighted by atomic mass is 127. The lowest BCUT2D eigenvalue weighted by molar-refractivity contribution is -0.135. The Hall–Kier alpha value is -1.07. The minimum Gasteiger partial charge on any atom is -0.357 e. The first kappa shape index (κ1) is 25.0. The number of nitrogens with zero attached hydrogens (tertiary/aromatic N) is 3. The molecule has 1 saturated heterocycles. The number of guanidine groups is 1. The van der Waals surface area contributed by atoms with Crippen LogP contribution in [-0.4, -0.2) is 74.3 Å². The van der Waals surface area contributed by atoms with Gasteiger partial charge in [0.1, 0.15) is 0 Å². The van der Waals surface area contributed by atoms with Crippen molar-refractivity contribution >= 4 is 57.3 Å². The Morgan fingerprint density at radius 1 is 1.21 bits per heavy atom. The van der Waals surface area contributed by atoms with Crippen molar-refractivity contribution in [2.75, 3.05) is 44.2 Å². The normalized spacial score (nSPS) is 15.4. The number of aliphatic imine (C=N–C) groups is 1. The Morgan fingerprint density at radius 2 is 1.89 bits per heavy atom. The smallest absolute Gasteiger partial charge is 0.242 e. The molecule has 1 heterocycles. The number of carbonyl (C=O) groups excluding carboxylic acids is 1. The molecule has 1 aromatic rings. The fourth-order valence-corrected chi connectivity index (χ4v) is 3.51. The number of carbonyl (C=O) groups is 1. The van der Waals surface area contributed by atoms with Crippen LogP contribution in [0.3, 0.4) is 0 Å². The van der Waals surface area contributed by atoms with Crippen LogP contribution in [0, 0.1) is 0 Å². The number of nitrogens with one attached hydrogen (secondary N) is 1. The lowest BCUT2D eigenvalue weighted by Crippen LogP contribution is -2.55. The molecule has 7 nitrogen and oxygen atoms in total. The maximum atomic E-state index is 12.5. The minimum absolute atomic E-state index is 0. The third-order valence-electron chi connectivity index (χ3n) is 4.34. The molecule has 1 aliphatic heterocycles. The molecule has 0 aromatic heterocycles. The van der Waals surface area contributed by atoms with Gasteiger partial charge in [0.25, 0.3) is 0 Å². The van der Waals surface area contributed by atoms with E-state index >= 15 is 0 Å². The van der Waals surface area contributed by atoms with Crippen molar-refractivity contribution in [2.45, 2.75) is 20.4 Å². The van der Waals surface area contributed by atoms with Gasteiger partial charge in [-0.2, -0.15) is 0 Å². The molecule has 2 rings (SSSR count). The summed E-state index contributed by atoms with van der Waals surface area (Å²) in [5, 5.41) is 3.82. The van der Waals surface area contributed by atoms with Gasteiger partial charge in [-0.25, -0.2) is 8.42 Å². The van der Waals surface area contributed by atoms with E-state index in [2.05, 4.69) is 10.3 Å². The van der Waals surface area contributed by atoms with Gasteiger partial charge in [-0.3, -0.25) is 9.79 Å². The summed E-state index contributed by atoms with van der Waals surface area (Å²) in [5.41, 5.74) is 1.03. The van der Waals surface area contributed by atoms with Gasteiger partial charge in [-0.05, 0) is 24.6 Å². The van der Waals surface area contributed by atoms with Gasteiger partial charge in [0, 0.05) is 37.0 Å². The quantitative estimate of drug-likeness (QED) is 0.324. The summed E-state index contributed by atoms with van der Waals surface area (Å²) in [4.78, 5) is 20.6. The van der Waals surface area contributed by atoms with Gasteiger partial charge in [0.2, 0.25) is 5.91 Å². The minimum atomic E-state index is -3.06. The van der Waals surface area contributed by atoms with Crippen LogP contribution in [0.25, 0.3) is 0 Å². The molecule has 0 saturated carbocycles. The molecule has 0 aliphatic carbocycles. The van der Waals surface area contributed by atoms with Crippen LogP contribution in [0.1, 0.15) is 19.4 Å². The first-order chi connectivity index (χ1) is 12.8. The Morgan fingerprint density at radius 3 is 2.46 bits per heavy atom. The maximum Gasteiger partial charge on any atom is 0.242 e. The zero-order valence-corrected chi connectivity index (χ0v) is 20.1. The van der Waals surface area contributed by atoms with Crippen molar-refractivity contribution in [3.8, 4) is 0 Å². The molecule has 10 heteroatoms. The molecule has 0 bridgehead atoms. The second-order valence-electron chi connectivity index (χ2n) is 6.34. The number of sulfone groups is 1. The topological polar surface area (TPSA) is 82.1 Å². The molecular formula is C18H28ClIN4O3S. The van der Waals surface area contributed by atoms with E-state index in [4.69, 9.17) is 11.6 Å². The Kier molecular flexibility index (Phi) is 10.5. The molecule has 158 valence electrons. The molecular weight excluding hydrogens is 515 g/mol. The lowest BCUT2D eigenvalue weighted by Gasteiger charge is -2.36. The number of benzene rings is 1. The molecule has 0 unspecified atom stereocenters. The molecule has 0 radical (unpaired) electrons. The summed E-state index contributed by atoms with van der Waals surface area (Å²) < 4.78 is 23.3. The summed E-state index contributed by atoms with van der Waals surface area (Å²) in [7, 11) is -3.06. The Balaban J connectivity index is 0.00000392. The fourth-order valence-electron chi connectivity index (χ4n) is 2.73. The zero-order chi connectivity index (χ0) is 19.9. The molecule has 1 amide bonds. The largest absolute Gasteiger partial charge is 0.357 e. The van der Waals surface area contributed by atoms with E-state index in [0.717, 1.165) is 5.56 Å². The van der Waals surface area contributed by atoms with E-state index in [9.17, 15) is 13.2 Å². The molecule has 1 fully saturated rings. The number of rotatable bonds is 7. The van der Waals surface area contributed by atoms with Crippen molar-refractivity contribution in [3.63, 3.8) is 0 Å². The number of hydrogen-bond acceptors (Lipinski definition) is 4. The summed E-state index contributed by atoms with van der Waals surface area (Å²) in [6, 6.07) is 7.47. The molecule has 1 aromatic carbocycles. The van der Waals surface area contributed by atoms with Gasteiger partial charge in [0.05, 0.1) is 18.8 Å². The molecule has 0 spiro atoms. The Bertz CT molecular complexity index is 772. The van der Waals surface area contributed by atoms with E-state index in [1.807, 2.05) is 41.0 Å². The summed E-state index contributed by atoms with van der Waals surface area (Å²) in [6.07, 6.45) is 0. The van der Waals surface area contributed by atoms with Crippen molar-refractivity contribution in [1.82, 2.24) is 15.1 Å². The average molecular weight is 543 g/mol. The van der Waals surface area contributed by atoms with E-state index in [1.54, 1.807) is 6.92 Å². The first-order valence-corrected chi connectivity index (χ1v) is 11.3. The highest BCUT2D eigenvalue weighted by molar-refractivity contribution is 14.0. The van der Waals surface area contributed by atoms with E-state index < -0.39 is 9.84 Å². The predicted octanol–water partition coefficient (Wildman–Crippen LogP) is 2.00. The van der Waals surface area contributed by atoms with Gasteiger partial charge in [0.15, 0.2) is 15.8 Å². The van der Waals surface area contributed by atoms with Gasteiger partial charge < -0.3 is 15.1 Å². The first-order valence-electron chi connectivity index (χ1n) is 9.10. The molecule has 1 N–H and O–H groups in total. The zero-order valence-electron chi connectivity index (χ0n) is 16.2. The third kappa shape index (κ3) is 7.75.